The zero-order valence-electron chi connectivity index (χ0n) is 11.8. The summed E-state index contributed by atoms with van der Waals surface area (Å²) in [5, 5.41) is 0.442. The van der Waals surface area contributed by atoms with Gasteiger partial charge in [-0.2, -0.15) is 0 Å². The molecule has 1 heterocycles. The predicted molar refractivity (Wildman–Crippen MR) is 81.0 cm³/mol. The van der Waals surface area contributed by atoms with Crippen LogP contribution in [0.1, 0.15) is 11.1 Å². The lowest BCUT2D eigenvalue weighted by Crippen LogP contribution is -1.99. The number of hydrogen-bond donors (Lipinski definition) is 0. The zero-order chi connectivity index (χ0) is 15.4. The average molecular weight is 329 g/mol. The Labute approximate surface area is 132 Å². The minimum absolute atomic E-state index is 0.119. The molecule has 0 fully saturated rings. The SMILES string of the molecule is COc1cc(Cc2cnc(Cl)nc2Cl)cc(OC)c1OC. The third-order valence-electron chi connectivity index (χ3n) is 2.90. The molecule has 0 unspecified atom stereocenters. The van der Waals surface area contributed by atoms with E-state index in [1.807, 2.05) is 12.1 Å². The fourth-order valence-corrected chi connectivity index (χ4v) is 2.31. The van der Waals surface area contributed by atoms with Gasteiger partial charge in [0.2, 0.25) is 11.0 Å². The van der Waals surface area contributed by atoms with Crippen LogP contribution in [0.25, 0.3) is 0 Å². The summed E-state index contributed by atoms with van der Waals surface area (Å²) in [4.78, 5) is 7.86. The van der Waals surface area contributed by atoms with Gasteiger partial charge in [0, 0.05) is 18.2 Å². The first kappa shape index (κ1) is 15.7. The fourth-order valence-electron chi connectivity index (χ4n) is 1.94. The van der Waals surface area contributed by atoms with Crippen molar-refractivity contribution in [1.29, 1.82) is 0 Å². The highest BCUT2D eigenvalue weighted by molar-refractivity contribution is 6.32. The first-order chi connectivity index (χ1) is 10.1. The number of methoxy groups -OCH3 is 3. The van der Waals surface area contributed by atoms with Crippen molar-refractivity contribution in [1.82, 2.24) is 9.97 Å². The Kier molecular flexibility index (Phi) is 5.09. The Hall–Kier alpha value is -1.72. The molecule has 7 heteroatoms. The normalized spacial score (nSPS) is 10.3. The molecule has 1 aromatic carbocycles. The molecule has 0 atom stereocenters. The molecule has 0 aliphatic heterocycles. The highest BCUT2D eigenvalue weighted by atomic mass is 35.5. The van der Waals surface area contributed by atoms with Gasteiger partial charge in [-0.1, -0.05) is 11.6 Å². The lowest BCUT2D eigenvalue weighted by molar-refractivity contribution is 0.324. The van der Waals surface area contributed by atoms with E-state index in [2.05, 4.69) is 9.97 Å². The van der Waals surface area contributed by atoms with Crippen LogP contribution in [0.15, 0.2) is 18.3 Å². The van der Waals surface area contributed by atoms with E-state index in [0.29, 0.717) is 28.8 Å². The molecule has 0 amide bonds. The highest BCUT2D eigenvalue weighted by Crippen LogP contribution is 2.38. The maximum atomic E-state index is 6.06. The van der Waals surface area contributed by atoms with Crippen LogP contribution in [0.5, 0.6) is 17.2 Å². The molecule has 112 valence electrons. The van der Waals surface area contributed by atoms with E-state index in [9.17, 15) is 0 Å². The van der Waals surface area contributed by atoms with Gasteiger partial charge in [-0.3, -0.25) is 0 Å². The Bertz CT molecular complexity index is 625. The summed E-state index contributed by atoms with van der Waals surface area (Å²) >= 11 is 11.8. The van der Waals surface area contributed by atoms with Crippen molar-refractivity contribution in [2.45, 2.75) is 6.42 Å². The van der Waals surface area contributed by atoms with Gasteiger partial charge >= 0.3 is 0 Å². The Morgan fingerprint density at radius 2 is 1.62 bits per heavy atom. The minimum atomic E-state index is 0.119. The van der Waals surface area contributed by atoms with Crippen LogP contribution in [-0.4, -0.2) is 31.3 Å². The number of aromatic nitrogens is 2. The smallest absolute Gasteiger partial charge is 0.223 e. The van der Waals surface area contributed by atoms with Gasteiger partial charge in [0.15, 0.2) is 11.5 Å². The van der Waals surface area contributed by atoms with Crippen molar-refractivity contribution in [3.05, 3.63) is 39.9 Å². The van der Waals surface area contributed by atoms with Gasteiger partial charge in [0.05, 0.1) is 21.3 Å². The second kappa shape index (κ2) is 6.83. The molecular formula is C14H14Cl2N2O3. The number of rotatable bonds is 5. The molecule has 0 aliphatic rings. The molecule has 5 nitrogen and oxygen atoms in total. The summed E-state index contributed by atoms with van der Waals surface area (Å²) < 4.78 is 15.9. The largest absolute Gasteiger partial charge is 0.493 e. The van der Waals surface area contributed by atoms with Crippen LogP contribution in [0.2, 0.25) is 10.4 Å². The van der Waals surface area contributed by atoms with Crippen LogP contribution in [-0.2, 0) is 6.42 Å². The summed E-state index contributed by atoms with van der Waals surface area (Å²) in [5.74, 6) is 1.71. The van der Waals surface area contributed by atoms with Crippen LogP contribution in [0.4, 0.5) is 0 Å². The lowest BCUT2D eigenvalue weighted by Gasteiger charge is -2.14. The van der Waals surface area contributed by atoms with Crippen LogP contribution < -0.4 is 14.2 Å². The molecule has 2 rings (SSSR count). The number of benzene rings is 1. The van der Waals surface area contributed by atoms with Gasteiger partial charge in [0.1, 0.15) is 5.15 Å². The monoisotopic (exact) mass is 328 g/mol. The Morgan fingerprint density at radius 3 is 2.10 bits per heavy atom. The number of ether oxygens (including phenoxy) is 3. The summed E-state index contributed by atoms with van der Waals surface area (Å²) in [6.07, 6.45) is 2.12. The van der Waals surface area contributed by atoms with Crippen molar-refractivity contribution >= 4 is 23.2 Å². The summed E-state index contributed by atoms with van der Waals surface area (Å²) in [6.45, 7) is 0. The molecule has 21 heavy (non-hydrogen) atoms. The van der Waals surface area contributed by atoms with Gasteiger partial charge < -0.3 is 14.2 Å². The summed E-state index contributed by atoms with van der Waals surface area (Å²) in [5.41, 5.74) is 1.69. The maximum Gasteiger partial charge on any atom is 0.223 e. The summed E-state index contributed by atoms with van der Waals surface area (Å²) in [6, 6.07) is 3.71. The first-order valence-corrected chi connectivity index (χ1v) is 6.80. The molecule has 0 saturated carbocycles. The second-order valence-corrected chi connectivity index (χ2v) is 4.86. The Balaban J connectivity index is 2.40. The van der Waals surface area contributed by atoms with Gasteiger partial charge in [-0.05, 0) is 29.3 Å². The predicted octanol–water partition coefficient (Wildman–Crippen LogP) is 3.40. The third-order valence-corrected chi connectivity index (χ3v) is 3.41. The van der Waals surface area contributed by atoms with Crippen molar-refractivity contribution in [3.8, 4) is 17.2 Å². The zero-order valence-corrected chi connectivity index (χ0v) is 13.3. The molecule has 0 saturated heterocycles. The average Bonchev–Trinajstić information content (AvgIpc) is 2.49. The molecule has 0 radical (unpaired) electrons. The number of nitrogens with zero attached hydrogens (tertiary/aromatic N) is 2. The fraction of sp³-hybridized carbons (Fsp3) is 0.286. The van der Waals surface area contributed by atoms with Crippen molar-refractivity contribution in [3.63, 3.8) is 0 Å². The number of halogens is 2. The van der Waals surface area contributed by atoms with E-state index < -0.39 is 0 Å². The van der Waals surface area contributed by atoms with Gasteiger partial charge in [-0.25, -0.2) is 9.97 Å². The molecule has 0 spiro atoms. The topological polar surface area (TPSA) is 53.5 Å². The quantitative estimate of drug-likeness (QED) is 0.622. The van der Waals surface area contributed by atoms with E-state index in [-0.39, 0.29) is 5.28 Å². The van der Waals surface area contributed by atoms with E-state index in [1.54, 1.807) is 27.5 Å². The molecule has 0 aliphatic carbocycles. The molecular weight excluding hydrogens is 315 g/mol. The van der Waals surface area contributed by atoms with Crippen molar-refractivity contribution in [2.75, 3.05) is 21.3 Å². The molecule has 0 N–H and O–H groups in total. The minimum Gasteiger partial charge on any atom is -0.493 e. The van der Waals surface area contributed by atoms with E-state index in [4.69, 9.17) is 37.4 Å². The first-order valence-electron chi connectivity index (χ1n) is 6.04. The standard InChI is InChI=1S/C14H14Cl2N2O3/c1-19-10-5-8(6-11(20-2)12(10)21-3)4-9-7-17-14(16)18-13(9)15/h5-7H,4H2,1-3H3. The maximum absolute atomic E-state index is 6.06. The van der Waals surface area contributed by atoms with Crippen LogP contribution in [0, 0.1) is 0 Å². The molecule has 2 aromatic rings. The third kappa shape index (κ3) is 3.49. The second-order valence-electron chi connectivity index (χ2n) is 4.17. The van der Waals surface area contributed by atoms with E-state index in [1.165, 1.54) is 0 Å². The summed E-state index contributed by atoms with van der Waals surface area (Å²) in [7, 11) is 4.70. The highest BCUT2D eigenvalue weighted by Gasteiger charge is 2.14. The molecule has 0 bridgehead atoms. The van der Waals surface area contributed by atoms with Crippen molar-refractivity contribution < 1.29 is 14.2 Å². The number of hydrogen-bond acceptors (Lipinski definition) is 5. The lowest BCUT2D eigenvalue weighted by atomic mass is 10.1. The Morgan fingerprint density at radius 1 is 1.00 bits per heavy atom. The van der Waals surface area contributed by atoms with Gasteiger partial charge in [-0.15, -0.1) is 0 Å². The van der Waals surface area contributed by atoms with Crippen LogP contribution in [0.3, 0.4) is 0 Å². The van der Waals surface area contributed by atoms with E-state index in [0.717, 1.165) is 11.1 Å². The molecule has 1 aromatic heterocycles. The van der Waals surface area contributed by atoms with E-state index >= 15 is 0 Å². The van der Waals surface area contributed by atoms with Gasteiger partial charge in [0.25, 0.3) is 0 Å². The van der Waals surface area contributed by atoms with Crippen LogP contribution >= 0.6 is 23.2 Å². The van der Waals surface area contributed by atoms with Crippen molar-refractivity contribution in [2.24, 2.45) is 0 Å².